The maximum absolute atomic E-state index is 13.4. The van der Waals surface area contributed by atoms with Gasteiger partial charge in [-0.15, -0.1) is 15.3 Å². The molecule has 180 valence electrons. The zero-order valence-electron chi connectivity index (χ0n) is 18.6. The van der Waals surface area contributed by atoms with Crippen molar-refractivity contribution < 1.29 is 23.4 Å². The van der Waals surface area contributed by atoms with Crippen molar-refractivity contribution in [3.05, 3.63) is 48.5 Å². The number of para-hydroxylation sites is 1. The summed E-state index contributed by atoms with van der Waals surface area (Å²) in [5.74, 6) is -0.134. The van der Waals surface area contributed by atoms with Gasteiger partial charge in [-0.05, 0) is 43.0 Å². The number of anilines is 1. The van der Waals surface area contributed by atoms with Crippen LogP contribution in [-0.4, -0.2) is 59.5 Å². The number of nitrogens with zero attached hydrogens (tertiary/aromatic N) is 5. The second kappa shape index (κ2) is 9.79. The normalized spacial score (nSPS) is 17.3. The van der Waals surface area contributed by atoms with E-state index in [4.69, 9.17) is 10.5 Å². The summed E-state index contributed by atoms with van der Waals surface area (Å²) in [6.45, 7) is 0.489. The maximum atomic E-state index is 13.4. The molecular formula is C22H26N6O5S. The summed E-state index contributed by atoms with van der Waals surface area (Å²) in [7, 11) is -2.47. The average Bonchev–Trinajstić information content (AvgIpc) is 3.15. The number of aliphatic hydroxyl groups is 1. The Bertz CT molecular complexity index is 1290. The lowest BCUT2D eigenvalue weighted by molar-refractivity contribution is 0.165. The Morgan fingerprint density at radius 3 is 2.68 bits per heavy atom. The second-order valence-corrected chi connectivity index (χ2v) is 9.80. The van der Waals surface area contributed by atoms with Gasteiger partial charge in [0.25, 0.3) is 0 Å². The quantitative estimate of drug-likeness (QED) is 0.433. The molecule has 0 radical (unpaired) electrons. The largest absolute Gasteiger partial charge is 0.497 e. The third-order valence-electron chi connectivity index (χ3n) is 5.65. The number of ether oxygens (including phenoxy) is 1. The van der Waals surface area contributed by atoms with Crippen LogP contribution in [-0.2, 0) is 10.0 Å². The Balaban J connectivity index is 1.72. The number of azo groups is 1. The van der Waals surface area contributed by atoms with Gasteiger partial charge in [-0.1, -0.05) is 18.2 Å². The van der Waals surface area contributed by atoms with E-state index >= 15 is 0 Å². The molecule has 1 fully saturated rings. The van der Waals surface area contributed by atoms with Gasteiger partial charge in [0, 0.05) is 25.8 Å². The number of nitrogens with two attached hydrogens (primary N) is 1. The minimum absolute atomic E-state index is 0.0248. The lowest BCUT2D eigenvalue weighted by Gasteiger charge is -2.31. The first kappa shape index (κ1) is 23.7. The Hall–Kier alpha value is -3.48. The summed E-state index contributed by atoms with van der Waals surface area (Å²) in [4.78, 5) is -0.0656. The van der Waals surface area contributed by atoms with Gasteiger partial charge in [0.1, 0.15) is 16.3 Å². The van der Waals surface area contributed by atoms with Crippen LogP contribution in [0.15, 0.2) is 63.7 Å². The number of methoxy groups -OCH3 is 1. The van der Waals surface area contributed by atoms with E-state index in [0.717, 1.165) is 6.42 Å². The van der Waals surface area contributed by atoms with E-state index in [1.54, 1.807) is 24.3 Å². The molecule has 0 bridgehead atoms. The summed E-state index contributed by atoms with van der Waals surface area (Å²) in [5, 5.41) is 32.4. The number of aromatic hydroxyl groups is 1. The number of aromatic nitrogens is 2. The molecule has 4 rings (SSSR count). The van der Waals surface area contributed by atoms with Crippen molar-refractivity contribution in [3.63, 3.8) is 0 Å². The summed E-state index contributed by atoms with van der Waals surface area (Å²) >= 11 is 0. The molecular weight excluding hydrogens is 460 g/mol. The van der Waals surface area contributed by atoms with Crippen LogP contribution in [0, 0.1) is 5.92 Å². The third-order valence-corrected chi connectivity index (χ3v) is 7.56. The standard InChI is InChI=1S/C22H26N6O5S/c1-33-17-9-10-19(34(31,32)27-11-5-6-15(13-27)14-29)18(12-17)24-25-20-21(23)26-28(22(20)30)16-7-3-2-4-8-16/h2-4,7-10,12,15,29-30H,5-6,11,13-14H2,1H3,(H2,23,26)/b25-24+. The Kier molecular flexibility index (Phi) is 6.82. The van der Waals surface area contributed by atoms with Crippen molar-refractivity contribution in [2.75, 3.05) is 32.5 Å². The van der Waals surface area contributed by atoms with Gasteiger partial charge in [-0.25, -0.2) is 8.42 Å². The monoisotopic (exact) mass is 486 g/mol. The number of hydrogen-bond acceptors (Lipinski definition) is 9. The fourth-order valence-electron chi connectivity index (χ4n) is 3.82. The Morgan fingerprint density at radius 1 is 1.21 bits per heavy atom. The zero-order valence-corrected chi connectivity index (χ0v) is 19.4. The summed E-state index contributed by atoms with van der Waals surface area (Å²) in [6, 6.07) is 13.2. The molecule has 1 aliphatic heterocycles. The van der Waals surface area contributed by atoms with Gasteiger partial charge in [-0.3, -0.25) is 0 Å². The first-order valence-corrected chi connectivity index (χ1v) is 12.1. The van der Waals surface area contributed by atoms with Crippen molar-refractivity contribution in [2.24, 2.45) is 16.1 Å². The van der Waals surface area contributed by atoms with E-state index in [1.807, 2.05) is 6.07 Å². The first-order valence-electron chi connectivity index (χ1n) is 10.7. The van der Waals surface area contributed by atoms with Crippen LogP contribution >= 0.6 is 0 Å². The van der Waals surface area contributed by atoms with Crippen LogP contribution in [0.4, 0.5) is 17.2 Å². The highest BCUT2D eigenvalue weighted by Crippen LogP contribution is 2.38. The molecule has 1 unspecified atom stereocenters. The van der Waals surface area contributed by atoms with Crippen LogP contribution in [0.1, 0.15) is 12.8 Å². The van der Waals surface area contributed by atoms with Gasteiger partial charge in [0.2, 0.25) is 15.9 Å². The minimum atomic E-state index is -3.92. The van der Waals surface area contributed by atoms with Gasteiger partial charge in [0.05, 0.1) is 12.8 Å². The smallest absolute Gasteiger partial charge is 0.245 e. The molecule has 1 atom stereocenters. The van der Waals surface area contributed by atoms with E-state index in [0.29, 0.717) is 24.4 Å². The van der Waals surface area contributed by atoms with E-state index in [9.17, 15) is 18.6 Å². The lowest BCUT2D eigenvalue weighted by Crippen LogP contribution is -2.40. The molecule has 4 N–H and O–H groups in total. The first-order chi connectivity index (χ1) is 16.3. The molecule has 1 aliphatic rings. The maximum Gasteiger partial charge on any atom is 0.245 e. The summed E-state index contributed by atoms with van der Waals surface area (Å²) < 4.78 is 34.6. The molecule has 11 nitrogen and oxygen atoms in total. The van der Waals surface area contributed by atoms with Gasteiger partial charge in [-0.2, -0.15) is 8.99 Å². The summed E-state index contributed by atoms with van der Waals surface area (Å²) in [6.07, 6.45) is 1.42. The van der Waals surface area contributed by atoms with Crippen molar-refractivity contribution >= 4 is 27.2 Å². The summed E-state index contributed by atoms with van der Waals surface area (Å²) in [5.41, 5.74) is 6.46. The van der Waals surface area contributed by atoms with E-state index in [-0.39, 0.29) is 47.0 Å². The predicted molar refractivity (Wildman–Crippen MR) is 125 cm³/mol. The molecule has 34 heavy (non-hydrogen) atoms. The molecule has 0 aliphatic carbocycles. The number of hydrogen-bond donors (Lipinski definition) is 3. The minimum Gasteiger partial charge on any atom is -0.497 e. The predicted octanol–water partition coefficient (Wildman–Crippen LogP) is 2.98. The molecule has 1 aromatic heterocycles. The fourth-order valence-corrected chi connectivity index (χ4v) is 5.48. The lowest BCUT2D eigenvalue weighted by atomic mass is 10.0. The fraction of sp³-hybridized carbons (Fsp3) is 0.318. The van der Waals surface area contributed by atoms with Gasteiger partial charge < -0.3 is 20.7 Å². The molecule has 1 saturated heterocycles. The van der Waals surface area contributed by atoms with E-state index < -0.39 is 10.0 Å². The third kappa shape index (κ3) is 4.60. The van der Waals surface area contributed by atoms with Gasteiger partial charge in [0.15, 0.2) is 11.5 Å². The van der Waals surface area contributed by atoms with Crippen molar-refractivity contribution in [1.82, 2.24) is 14.1 Å². The van der Waals surface area contributed by atoms with Crippen LogP contribution in [0.5, 0.6) is 11.6 Å². The Morgan fingerprint density at radius 2 is 1.97 bits per heavy atom. The highest BCUT2D eigenvalue weighted by Gasteiger charge is 2.32. The molecule has 12 heteroatoms. The SMILES string of the molecule is COc1ccc(S(=O)(=O)N2CCCC(CO)C2)c(/N=N/c2c(N)nn(-c3ccccc3)c2O)c1. The number of piperidine rings is 1. The van der Waals surface area contributed by atoms with Crippen molar-refractivity contribution in [3.8, 4) is 17.3 Å². The van der Waals surface area contributed by atoms with E-state index in [1.165, 1.54) is 34.3 Å². The molecule has 3 aromatic rings. The highest BCUT2D eigenvalue weighted by molar-refractivity contribution is 7.89. The van der Waals surface area contributed by atoms with Crippen molar-refractivity contribution in [1.29, 1.82) is 0 Å². The average molecular weight is 487 g/mol. The van der Waals surface area contributed by atoms with Crippen molar-refractivity contribution in [2.45, 2.75) is 17.7 Å². The number of benzene rings is 2. The number of nitrogen functional groups attached to an aromatic ring is 1. The molecule has 2 heterocycles. The number of rotatable bonds is 7. The molecule has 2 aromatic carbocycles. The van der Waals surface area contributed by atoms with Crippen LogP contribution in [0.25, 0.3) is 5.69 Å². The number of sulfonamides is 1. The highest BCUT2D eigenvalue weighted by atomic mass is 32.2. The number of aliphatic hydroxyl groups excluding tert-OH is 1. The zero-order chi connectivity index (χ0) is 24.3. The topological polar surface area (TPSA) is 156 Å². The van der Waals surface area contributed by atoms with Crippen LogP contribution in [0.3, 0.4) is 0 Å². The molecule has 0 spiro atoms. The molecule has 0 saturated carbocycles. The second-order valence-electron chi connectivity index (χ2n) is 7.89. The van der Waals surface area contributed by atoms with E-state index in [2.05, 4.69) is 15.3 Å². The van der Waals surface area contributed by atoms with Gasteiger partial charge >= 0.3 is 0 Å². The van der Waals surface area contributed by atoms with Crippen LogP contribution in [0.2, 0.25) is 0 Å². The molecule has 0 amide bonds. The van der Waals surface area contributed by atoms with Crippen LogP contribution < -0.4 is 10.5 Å². The Labute approximate surface area is 197 Å².